The predicted molar refractivity (Wildman–Crippen MR) is 80.7 cm³/mol. The maximum Gasteiger partial charge on any atom is 0.228 e. The van der Waals surface area contributed by atoms with Crippen molar-refractivity contribution < 1.29 is 9.59 Å². The van der Waals surface area contributed by atoms with Crippen molar-refractivity contribution in [3.05, 3.63) is 0 Å². The second kappa shape index (κ2) is 6.34. The molecule has 2 atom stereocenters. The van der Waals surface area contributed by atoms with Crippen LogP contribution in [0, 0.1) is 5.92 Å². The standard InChI is InChI=1S/C16H27N3O2/c1-17-10-14-7-4-8-18(14)16(21)12-9-15(20)19(11-12)13-5-2-3-6-13/h12-14,17H,2-11H2,1H3. The molecule has 2 heterocycles. The second-order valence-corrected chi connectivity index (χ2v) is 6.77. The molecule has 0 aromatic carbocycles. The molecule has 5 nitrogen and oxygen atoms in total. The Morgan fingerprint density at radius 3 is 2.71 bits per heavy atom. The van der Waals surface area contributed by atoms with Crippen molar-refractivity contribution in [2.24, 2.45) is 5.92 Å². The number of amides is 2. The minimum absolute atomic E-state index is 0.101. The summed E-state index contributed by atoms with van der Waals surface area (Å²) in [4.78, 5) is 29.0. The van der Waals surface area contributed by atoms with Crippen LogP contribution in [0.15, 0.2) is 0 Å². The van der Waals surface area contributed by atoms with E-state index >= 15 is 0 Å². The average molecular weight is 293 g/mol. The van der Waals surface area contributed by atoms with Crippen LogP contribution in [0.1, 0.15) is 44.9 Å². The number of hydrogen-bond donors (Lipinski definition) is 1. The summed E-state index contributed by atoms with van der Waals surface area (Å²) in [5.41, 5.74) is 0. The minimum Gasteiger partial charge on any atom is -0.339 e. The third kappa shape index (κ3) is 2.93. The van der Waals surface area contributed by atoms with Gasteiger partial charge in [-0.05, 0) is 32.7 Å². The molecule has 2 unspecified atom stereocenters. The van der Waals surface area contributed by atoms with E-state index in [0.29, 0.717) is 25.0 Å². The Morgan fingerprint density at radius 1 is 1.24 bits per heavy atom. The van der Waals surface area contributed by atoms with E-state index in [1.165, 1.54) is 12.8 Å². The summed E-state index contributed by atoms with van der Waals surface area (Å²) in [6, 6.07) is 0.722. The topological polar surface area (TPSA) is 52.7 Å². The summed E-state index contributed by atoms with van der Waals surface area (Å²) < 4.78 is 0. The van der Waals surface area contributed by atoms with Crippen LogP contribution >= 0.6 is 0 Å². The molecule has 0 aromatic rings. The maximum atomic E-state index is 12.8. The summed E-state index contributed by atoms with van der Waals surface area (Å²) >= 11 is 0. The molecular formula is C16H27N3O2. The van der Waals surface area contributed by atoms with Crippen LogP contribution in [0.25, 0.3) is 0 Å². The van der Waals surface area contributed by atoms with Gasteiger partial charge in [-0.3, -0.25) is 9.59 Å². The second-order valence-electron chi connectivity index (χ2n) is 6.77. The minimum atomic E-state index is -0.101. The van der Waals surface area contributed by atoms with Gasteiger partial charge in [-0.2, -0.15) is 0 Å². The number of likely N-dealkylation sites (tertiary alicyclic amines) is 2. The number of hydrogen-bond acceptors (Lipinski definition) is 3. The number of carbonyl (C=O) groups excluding carboxylic acids is 2. The number of nitrogens with one attached hydrogen (secondary N) is 1. The van der Waals surface area contributed by atoms with Crippen LogP contribution < -0.4 is 5.32 Å². The summed E-state index contributed by atoms with van der Waals surface area (Å²) in [6.45, 7) is 2.38. The van der Waals surface area contributed by atoms with E-state index in [9.17, 15) is 9.59 Å². The third-order valence-corrected chi connectivity index (χ3v) is 5.37. The van der Waals surface area contributed by atoms with Crippen molar-refractivity contribution in [1.82, 2.24) is 15.1 Å². The number of nitrogens with zero attached hydrogens (tertiary/aromatic N) is 2. The first-order valence-electron chi connectivity index (χ1n) is 8.45. The fourth-order valence-electron chi connectivity index (χ4n) is 4.27. The quantitative estimate of drug-likeness (QED) is 0.841. The van der Waals surface area contributed by atoms with E-state index < -0.39 is 0 Å². The molecule has 1 aliphatic carbocycles. The van der Waals surface area contributed by atoms with E-state index in [-0.39, 0.29) is 17.7 Å². The van der Waals surface area contributed by atoms with Crippen molar-refractivity contribution in [2.45, 2.75) is 57.0 Å². The lowest BCUT2D eigenvalue weighted by atomic mass is 10.1. The van der Waals surface area contributed by atoms with Gasteiger partial charge in [0.2, 0.25) is 11.8 Å². The SMILES string of the molecule is CNCC1CCCN1C(=O)C1CC(=O)N(C2CCCC2)C1. The van der Waals surface area contributed by atoms with Gasteiger partial charge < -0.3 is 15.1 Å². The van der Waals surface area contributed by atoms with E-state index in [2.05, 4.69) is 5.32 Å². The Kier molecular flexibility index (Phi) is 4.48. The molecule has 0 radical (unpaired) electrons. The smallest absolute Gasteiger partial charge is 0.228 e. The van der Waals surface area contributed by atoms with Crippen LogP contribution in [0.3, 0.4) is 0 Å². The van der Waals surface area contributed by atoms with E-state index in [4.69, 9.17) is 0 Å². The van der Waals surface area contributed by atoms with Crippen molar-refractivity contribution in [2.75, 3.05) is 26.7 Å². The molecule has 2 aliphatic heterocycles. The number of likely N-dealkylation sites (N-methyl/N-ethyl adjacent to an activating group) is 1. The first kappa shape index (κ1) is 14.8. The molecule has 3 rings (SSSR count). The third-order valence-electron chi connectivity index (χ3n) is 5.37. The predicted octanol–water partition coefficient (Wildman–Crippen LogP) is 0.988. The Morgan fingerprint density at radius 2 is 2.00 bits per heavy atom. The van der Waals surface area contributed by atoms with Crippen molar-refractivity contribution >= 4 is 11.8 Å². The fraction of sp³-hybridized carbons (Fsp3) is 0.875. The number of rotatable bonds is 4. The van der Waals surface area contributed by atoms with E-state index in [1.54, 1.807) is 0 Å². The monoisotopic (exact) mass is 293 g/mol. The van der Waals surface area contributed by atoms with E-state index in [0.717, 1.165) is 38.8 Å². The zero-order valence-electron chi connectivity index (χ0n) is 13.0. The molecule has 0 aromatic heterocycles. The lowest BCUT2D eigenvalue weighted by Gasteiger charge is -2.28. The zero-order valence-corrected chi connectivity index (χ0v) is 13.0. The highest BCUT2D eigenvalue weighted by Crippen LogP contribution is 2.31. The normalized spacial score (nSPS) is 30.6. The molecule has 1 saturated carbocycles. The summed E-state index contributed by atoms with van der Waals surface area (Å²) in [6.07, 6.45) is 7.30. The molecule has 2 saturated heterocycles. The molecule has 1 N–H and O–H groups in total. The fourth-order valence-corrected chi connectivity index (χ4v) is 4.27. The summed E-state index contributed by atoms with van der Waals surface area (Å²) in [5.74, 6) is 0.307. The molecule has 0 spiro atoms. The van der Waals surface area contributed by atoms with Crippen molar-refractivity contribution in [1.29, 1.82) is 0 Å². The Balaban J connectivity index is 1.61. The van der Waals surface area contributed by atoms with Crippen LogP contribution in [0.2, 0.25) is 0 Å². The Hall–Kier alpha value is -1.10. The summed E-state index contributed by atoms with van der Waals surface area (Å²) in [5, 5.41) is 3.18. The van der Waals surface area contributed by atoms with Gasteiger partial charge in [-0.1, -0.05) is 12.8 Å². The maximum absolute atomic E-state index is 12.8. The molecular weight excluding hydrogens is 266 g/mol. The van der Waals surface area contributed by atoms with Gasteiger partial charge >= 0.3 is 0 Å². The van der Waals surface area contributed by atoms with Gasteiger partial charge in [0.15, 0.2) is 0 Å². The lowest BCUT2D eigenvalue weighted by molar-refractivity contribution is -0.136. The first-order valence-corrected chi connectivity index (χ1v) is 8.45. The van der Waals surface area contributed by atoms with E-state index in [1.807, 2.05) is 16.8 Å². The zero-order chi connectivity index (χ0) is 14.8. The Labute approximate surface area is 127 Å². The van der Waals surface area contributed by atoms with Gasteiger partial charge in [0, 0.05) is 38.1 Å². The van der Waals surface area contributed by atoms with Crippen LogP contribution in [0.4, 0.5) is 0 Å². The molecule has 2 amide bonds. The summed E-state index contributed by atoms with van der Waals surface area (Å²) in [7, 11) is 1.93. The highest BCUT2D eigenvalue weighted by atomic mass is 16.2. The van der Waals surface area contributed by atoms with Crippen molar-refractivity contribution in [3.8, 4) is 0 Å². The largest absolute Gasteiger partial charge is 0.339 e. The highest BCUT2D eigenvalue weighted by molar-refractivity contribution is 5.89. The van der Waals surface area contributed by atoms with Gasteiger partial charge in [0.1, 0.15) is 0 Å². The van der Waals surface area contributed by atoms with Crippen LogP contribution in [0.5, 0.6) is 0 Å². The van der Waals surface area contributed by atoms with Crippen molar-refractivity contribution in [3.63, 3.8) is 0 Å². The van der Waals surface area contributed by atoms with Crippen LogP contribution in [-0.2, 0) is 9.59 Å². The van der Waals surface area contributed by atoms with Gasteiger partial charge in [0.05, 0.1) is 5.92 Å². The van der Waals surface area contributed by atoms with Gasteiger partial charge in [-0.15, -0.1) is 0 Å². The highest BCUT2D eigenvalue weighted by Gasteiger charge is 2.41. The number of carbonyl (C=O) groups is 2. The molecule has 3 aliphatic rings. The molecule has 3 fully saturated rings. The van der Waals surface area contributed by atoms with Gasteiger partial charge in [0.25, 0.3) is 0 Å². The average Bonchev–Trinajstić information content (AvgIpc) is 3.17. The first-order chi connectivity index (χ1) is 10.2. The molecule has 0 bridgehead atoms. The molecule has 118 valence electrons. The van der Waals surface area contributed by atoms with Crippen LogP contribution in [-0.4, -0.2) is 60.4 Å². The van der Waals surface area contributed by atoms with Gasteiger partial charge in [-0.25, -0.2) is 0 Å². The molecule has 21 heavy (non-hydrogen) atoms. The Bertz CT molecular complexity index is 406. The molecule has 5 heteroatoms. The lowest BCUT2D eigenvalue weighted by Crippen LogP contribution is -2.44.